The normalized spacial score (nSPS) is 14.0. The molecule has 0 spiro atoms. The largest absolute Gasteiger partial charge is 0.472 e. The van der Waals surface area contributed by atoms with E-state index in [0.29, 0.717) is 6.42 Å². The third-order valence-electron chi connectivity index (χ3n) is 6.34. The standard InChI is InChI=1S/C31H58NO8P/c1-3-5-7-9-10-11-12-13-14-15-16-17-18-19-20-22-24-31(34)40-29(28-39-41(35,36)38-26-25-32)27-37-30(33)23-21-8-6-4-2/h11-12,14-15,29H,3-10,13,16-28,32H2,1-2H3,(H,35,36)/b12-11-,15-14-. The Hall–Kier alpha value is -1.51. The highest BCUT2D eigenvalue weighted by Gasteiger charge is 2.25. The van der Waals surface area contributed by atoms with Crippen molar-refractivity contribution in [2.24, 2.45) is 5.73 Å². The molecule has 0 rings (SSSR count). The second kappa shape index (κ2) is 28.6. The number of phosphoric ester groups is 1. The second-order valence-corrected chi connectivity index (χ2v) is 11.8. The Balaban J connectivity index is 4.21. The molecule has 41 heavy (non-hydrogen) atoms. The molecule has 9 nitrogen and oxygen atoms in total. The Morgan fingerprint density at radius 1 is 0.732 bits per heavy atom. The lowest BCUT2D eigenvalue weighted by Crippen LogP contribution is -2.29. The summed E-state index contributed by atoms with van der Waals surface area (Å²) in [5.41, 5.74) is 5.29. The predicted molar refractivity (Wildman–Crippen MR) is 164 cm³/mol. The Bertz CT molecular complexity index is 744. The van der Waals surface area contributed by atoms with Crippen molar-refractivity contribution in [1.29, 1.82) is 0 Å². The molecule has 0 saturated carbocycles. The molecule has 2 atom stereocenters. The van der Waals surface area contributed by atoms with Gasteiger partial charge in [0.2, 0.25) is 0 Å². The lowest BCUT2D eigenvalue weighted by Gasteiger charge is -2.19. The fourth-order valence-electron chi connectivity index (χ4n) is 3.96. The Morgan fingerprint density at radius 3 is 1.88 bits per heavy atom. The van der Waals surface area contributed by atoms with Crippen molar-refractivity contribution in [2.45, 2.75) is 136 Å². The van der Waals surface area contributed by atoms with Crippen molar-refractivity contribution in [3.8, 4) is 0 Å². The molecule has 0 fully saturated rings. The van der Waals surface area contributed by atoms with E-state index in [1.54, 1.807) is 0 Å². The smallest absolute Gasteiger partial charge is 0.462 e. The van der Waals surface area contributed by atoms with Crippen LogP contribution in [-0.4, -0.2) is 49.3 Å². The summed E-state index contributed by atoms with van der Waals surface area (Å²) in [4.78, 5) is 34.1. The van der Waals surface area contributed by atoms with E-state index in [4.69, 9.17) is 24.3 Å². The van der Waals surface area contributed by atoms with Crippen molar-refractivity contribution < 1.29 is 37.6 Å². The van der Waals surface area contributed by atoms with Crippen LogP contribution in [0.25, 0.3) is 0 Å². The monoisotopic (exact) mass is 603 g/mol. The first-order chi connectivity index (χ1) is 19.8. The van der Waals surface area contributed by atoms with Crippen LogP contribution in [0.4, 0.5) is 0 Å². The lowest BCUT2D eigenvalue weighted by molar-refractivity contribution is -0.161. The minimum absolute atomic E-state index is 0.0512. The number of hydrogen-bond donors (Lipinski definition) is 2. The average Bonchev–Trinajstić information content (AvgIpc) is 2.95. The maximum absolute atomic E-state index is 12.4. The van der Waals surface area contributed by atoms with Gasteiger partial charge in [-0.15, -0.1) is 0 Å². The molecule has 0 aliphatic heterocycles. The first kappa shape index (κ1) is 39.5. The molecule has 10 heteroatoms. The van der Waals surface area contributed by atoms with Gasteiger partial charge in [0.1, 0.15) is 6.61 Å². The zero-order valence-electron chi connectivity index (χ0n) is 25.8. The van der Waals surface area contributed by atoms with Crippen LogP contribution in [0.2, 0.25) is 0 Å². The first-order valence-corrected chi connectivity index (χ1v) is 17.3. The SMILES string of the molecule is CCCCCC/C=C\C/C=C\CCCCCCCC(=O)OC(COC(=O)CCCCCC)COP(=O)(O)OCCN. The van der Waals surface area contributed by atoms with Crippen LogP contribution in [0.15, 0.2) is 24.3 Å². The molecule has 0 amide bonds. The summed E-state index contributed by atoms with van der Waals surface area (Å²) >= 11 is 0. The van der Waals surface area contributed by atoms with E-state index in [0.717, 1.165) is 64.2 Å². The quantitative estimate of drug-likeness (QED) is 0.0381. The first-order valence-electron chi connectivity index (χ1n) is 15.8. The molecule has 0 radical (unpaired) electrons. The van der Waals surface area contributed by atoms with Gasteiger partial charge in [-0.05, 0) is 44.9 Å². The summed E-state index contributed by atoms with van der Waals surface area (Å²) in [6, 6.07) is 0. The van der Waals surface area contributed by atoms with E-state index in [1.807, 2.05) is 0 Å². The highest BCUT2D eigenvalue weighted by molar-refractivity contribution is 7.47. The number of allylic oxidation sites excluding steroid dienone is 4. The number of nitrogens with two attached hydrogens (primary N) is 1. The van der Waals surface area contributed by atoms with Crippen LogP contribution in [0.3, 0.4) is 0 Å². The van der Waals surface area contributed by atoms with Crippen LogP contribution in [0.1, 0.15) is 129 Å². The van der Waals surface area contributed by atoms with E-state index in [1.165, 1.54) is 32.1 Å². The Labute approximate surface area is 249 Å². The van der Waals surface area contributed by atoms with Gasteiger partial charge in [0, 0.05) is 19.4 Å². The third kappa shape index (κ3) is 28.4. The fraction of sp³-hybridized carbons (Fsp3) is 0.806. The number of unbranched alkanes of at least 4 members (excludes halogenated alkanes) is 12. The van der Waals surface area contributed by atoms with Crippen molar-refractivity contribution in [2.75, 3.05) is 26.4 Å². The molecular weight excluding hydrogens is 545 g/mol. The van der Waals surface area contributed by atoms with Crippen LogP contribution in [-0.2, 0) is 32.7 Å². The highest BCUT2D eigenvalue weighted by atomic mass is 31.2. The highest BCUT2D eigenvalue weighted by Crippen LogP contribution is 2.43. The van der Waals surface area contributed by atoms with E-state index < -0.39 is 32.5 Å². The van der Waals surface area contributed by atoms with Crippen molar-refractivity contribution in [3.63, 3.8) is 0 Å². The van der Waals surface area contributed by atoms with E-state index in [2.05, 4.69) is 38.2 Å². The van der Waals surface area contributed by atoms with Crippen LogP contribution in [0, 0.1) is 0 Å². The van der Waals surface area contributed by atoms with Gasteiger partial charge in [-0.2, -0.15) is 0 Å². The summed E-state index contributed by atoms with van der Waals surface area (Å²) in [5, 5.41) is 0. The molecule has 0 aromatic heterocycles. The average molecular weight is 604 g/mol. The van der Waals surface area contributed by atoms with E-state index >= 15 is 0 Å². The zero-order chi connectivity index (χ0) is 30.4. The fourth-order valence-corrected chi connectivity index (χ4v) is 4.72. The number of esters is 2. The van der Waals surface area contributed by atoms with Gasteiger partial charge in [-0.25, -0.2) is 4.57 Å². The number of rotatable bonds is 29. The molecule has 240 valence electrons. The summed E-state index contributed by atoms with van der Waals surface area (Å²) in [5.74, 6) is -0.868. The van der Waals surface area contributed by atoms with Crippen molar-refractivity contribution in [1.82, 2.24) is 0 Å². The number of hydrogen-bond acceptors (Lipinski definition) is 8. The summed E-state index contributed by atoms with van der Waals surface area (Å²) in [7, 11) is -4.35. The number of carbonyl (C=O) groups excluding carboxylic acids is 2. The maximum atomic E-state index is 12.4. The lowest BCUT2D eigenvalue weighted by atomic mass is 10.1. The molecule has 0 heterocycles. The molecule has 0 saturated heterocycles. The minimum Gasteiger partial charge on any atom is -0.462 e. The maximum Gasteiger partial charge on any atom is 0.472 e. The molecule has 3 N–H and O–H groups in total. The summed E-state index contributed by atoms with van der Waals surface area (Å²) in [6.45, 7) is 3.53. The Kier molecular flexibility index (Phi) is 27.5. The minimum atomic E-state index is -4.35. The second-order valence-electron chi connectivity index (χ2n) is 10.3. The molecule has 0 bridgehead atoms. The van der Waals surface area contributed by atoms with E-state index in [9.17, 15) is 19.0 Å². The van der Waals surface area contributed by atoms with Gasteiger partial charge in [0.15, 0.2) is 6.10 Å². The van der Waals surface area contributed by atoms with Gasteiger partial charge >= 0.3 is 19.8 Å². The molecular formula is C31H58NO8P. The van der Waals surface area contributed by atoms with Gasteiger partial charge in [-0.3, -0.25) is 18.6 Å². The summed E-state index contributed by atoms with van der Waals surface area (Å²) < 4.78 is 32.2. The zero-order valence-corrected chi connectivity index (χ0v) is 26.7. The van der Waals surface area contributed by atoms with Gasteiger partial charge in [-0.1, -0.05) is 95.9 Å². The predicted octanol–water partition coefficient (Wildman–Crippen LogP) is 7.71. The van der Waals surface area contributed by atoms with Gasteiger partial charge in [0.05, 0.1) is 13.2 Å². The Morgan fingerprint density at radius 2 is 1.27 bits per heavy atom. The molecule has 0 aromatic rings. The molecule has 0 aliphatic carbocycles. The number of phosphoric acid groups is 1. The number of ether oxygens (including phenoxy) is 2. The van der Waals surface area contributed by atoms with E-state index in [-0.39, 0.29) is 32.6 Å². The van der Waals surface area contributed by atoms with Crippen LogP contribution >= 0.6 is 7.82 Å². The number of carbonyl (C=O) groups is 2. The van der Waals surface area contributed by atoms with Crippen LogP contribution < -0.4 is 5.73 Å². The van der Waals surface area contributed by atoms with Crippen molar-refractivity contribution >= 4 is 19.8 Å². The van der Waals surface area contributed by atoms with Crippen molar-refractivity contribution in [3.05, 3.63) is 24.3 Å². The molecule has 0 aromatic carbocycles. The topological polar surface area (TPSA) is 134 Å². The van der Waals surface area contributed by atoms with Gasteiger partial charge < -0.3 is 20.1 Å². The van der Waals surface area contributed by atoms with Gasteiger partial charge in [0.25, 0.3) is 0 Å². The van der Waals surface area contributed by atoms with Crippen LogP contribution in [0.5, 0.6) is 0 Å². The molecule has 2 unspecified atom stereocenters. The molecule has 0 aliphatic rings. The third-order valence-corrected chi connectivity index (χ3v) is 7.32. The summed E-state index contributed by atoms with van der Waals surface area (Å²) in [6.07, 6.45) is 25.5.